The van der Waals surface area contributed by atoms with E-state index >= 15 is 0 Å². The summed E-state index contributed by atoms with van der Waals surface area (Å²) in [6.07, 6.45) is 0.799. The number of benzene rings is 1. The number of hydrogen-bond donors (Lipinski definition) is 1. The van der Waals surface area contributed by atoms with Crippen LogP contribution < -0.4 is 5.32 Å². The van der Waals surface area contributed by atoms with Crippen LogP contribution in [0.4, 0.5) is 5.69 Å². The Hall–Kier alpha value is -1.55. The second kappa shape index (κ2) is 6.75. The lowest BCUT2D eigenvalue weighted by molar-refractivity contribution is -0.385. The summed E-state index contributed by atoms with van der Waals surface area (Å²) in [4.78, 5) is 12.9. The smallest absolute Gasteiger partial charge is 0.273 e. The van der Waals surface area contributed by atoms with Crippen LogP contribution in [0.15, 0.2) is 23.1 Å². The van der Waals surface area contributed by atoms with E-state index in [-0.39, 0.29) is 22.2 Å². The SMILES string of the molecule is Cc1c([N+](=O)[O-])cccc1S(=O)(=O)N1CCC(N2CCNCC2)C1. The number of nitro groups is 1. The molecular weight excluding hydrogens is 332 g/mol. The Balaban J connectivity index is 1.82. The number of hydrogen-bond acceptors (Lipinski definition) is 6. The molecule has 1 N–H and O–H groups in total. The molecule has 0 radical (unpaired) electrons. The maximum Gasteiger partial charge on any atom is 0.273 e. The summed E-state index contributed by atoms with van der Waals surface area (Å²) in [5, 5.41) is 14.4. The Morgan fingerprint density at radius 1 is 1.25 bits per heavy atom. The third-order valence-corrected chi connectivity index (χ3v) is 6.87. The van der Waals surface area contributed by atoms with Crippen molar-refractivity contribution in [3.8, 4) is 0 Å². The van der Waals surface area contributed by atoms with E-state index in [1.54, 1.807) is 0 Å². The molecular formula is C15H22N4O4S. The van der Waals surface area contributed by atoms with Gasteiger partial charge in [-0.05, 0) is 19.4 Å². The van der Waals surface area contributed by atoms with Crippen LogP contribution in [0.5, 0.6) is 0 Å². The van der Waals surface area contributed by atoms with E-state index in [1.807, 2.05) is 0 Å². The van der Waals surface area contributed by atoms with E-state index in [4.69, 9.17) is 0 Å². The Bertz CT molecular complexity index is 731. The van der Waals surface area contributed by atoms with Gasteiger partial charge in [-0.2, -0.15) is 4.31 Å². The van der Waals surface area contributed by atoms with E-state index < -0.39 is 14.9 Å². The molecule has 1 aromatic rings. The van der Waals surface area contributed by atoms with E-state index in [2.05, 4.69) is 10.2 Å². The number of nitrogens with one attached hydrogen (secondary N) is 1. The van der Waals surface area contributed by atoms with E-state index in [9.17, 15) is 18.5 Å². The molecule has 0 saturated carbocycles. The fraction of sp³-hybridized carbons (Fsp3) is 0.600. The molecule has 9 heteroatoms. The zero-order valence-electron chi connectivity index (χ0n) is 13.6. The molecule has 0 spiro atoms. The monoisotopic (exact) mass is 354 g/mol. The molecule has 8 nitrogen and oxygen atoms in total. The summed E-state index contributed by atoms with van der Waals surface area (Å²) in [7, 11) is -3.71. The highest BCUT2D eigenvalue weighted by Crippen LogP contribution is 2.29. The van der Waals surface area contributed by atoms with Crippen LogP contribution in [0.1, 0.15) is 12.0 Å². The van der Waals surface area contributed by atoms with E-state index in [0.29, 0.717) is 13.1 Å². The number of nitro benzene ring substituents is 1. The van der Waals surface area contributed by atoms with Crippen LogP contribution in [-0.4, -0.2) is 67.9 Å². The summed E-state index contributed by atoms with van der Waals surface area (Å²) in [6, 6.07) is 4.44. The van der Waals surface area contributed by atoms with Crippen LogP contribution in [0, 0.1) is 17.0 Å². The Morgan fingerprint density at radius 2 is 1.96 bits per heavy atom. The quantitative estimate of drug-likeness (QED) is 0.627. The highest BCUT2D eigenvalue weighted by molar-refractivity contribution is 7.89. The van der Waals surface area contributed by atoms with Crippen LogP contribution in [0.25, 0.3) is 0 Å². The Kier molecular flexibility index (Phi) is 4.86. The van der Waals surface area contributed by atoms with Gasteiger partial charge in [-0.25, -0.2) is 8.42 Å². The molecule has 2 heterocycles. The minimum Gasteiger partial charge on any atom is -0.314 e. The molecule has 1 unspecified atom stereocenters. The van der Waals surface area contributed by atoms with Gasteiger partial charge in [0.15, 0.2) is 0 Å². The topological polar surface area (TPSA) is 95.8 Å². The van der Waals surface area contributed by atoms with Gasteiger partial charge in [0, 0.05) is 56.9 Å². The first kappa shape index (κ1) is 17.3. The van der Waals surface area contributed by atoms with Gasteiger partial charge in [-0.1, -0.05) is 6.07 Å². The fourth-order valence-electron chi connectivity index (χ4n) is 3.49. The molecule has 2 fully saturated rings. The van der Waals surface area contributed by atoms with Crippen LogP contribution in [-0.2, 0) is 10.0 Å². The van der Waals surface area contributed by atoms with Crippen molar-refractivity contribution in [1.29, 1.82) is 0 Å². The van der Waals surface area contributed by atoms with Crippen LogP contribution in [0.3, 0.4) is 0 Å². The van der Waals surface area contributed by atoms with Crippen LogP contribution in [0.2, 0.25) is 0 Å². The summed E-state index contributed by atoms with van der Waals surface area (Å²) < 4.78 is 27.3. The Morgan fingerprint density at radius 3 is 2.62 bits per heavy atom. The van der Waals surface area contributed by atoms with Gasteiger partial charge in [-0.3, -0.25) is 15.0 Å². The van der Waals surface area contributed by atoms with Crippen molar-refractivity contribution in [2.24, 2.45) is 0 Å². The predicted octanol–water partition coefficient (Wildman–Crippen LogP) is 0.571. The zero-order chi connectivity index (χ0) is 17.3. The molecule has 0 aliphatic carbocycles. The minimum absolute atomic E-state index is 0.0395. The maximum atomic E-state index is 12.9. The molecule has 132 valence electrons. The number of rotatable bonds is 4. The first-order valence-electron chi connectivity index (χ1n) is 8.10. The number of sulfonamides is 1. The second-order valence-electron chi connectivity index (χ2n) is 6.25. The Labute approximate surface area is 141 Å². The molecule has 24 heavy (non-hydrogen) atoms. The fourth-order valence-corrected chi connectivity index (χ4v) is 5.23. The third kappa shape index (κ3) is 3.16. The van der Waals surface area contributed by atoms with Crippen molar-refractivity contribution < 1.29 is 13.3 Å². The lowest BCUT2D eigenvalue weighted by Crippen LogP contribution is -2.49. The number of nitrogens with zero attached hydrogens (tertiary/aromatic N) is 3. The van der Waals surface area contributed by atoms with Crippen molar-refractivity contribution in [2.45, 2.75) is 24.3 Å². The standard InChI is InChI=1S/C15H22N4O4S/c1-12-14(19(20)21)3-2-4-15(12)24(22,23)18-8-5-13(11-18)17-9-6-16-7-10-17/h2-4,13,16H,5-11H2,1H3. The van der Waals surface area contributed by atoms with Crippen LogP contribution >= 0.6 is 0 Å². The van der Waals surface area contributed by atoms with E-state index in [0.717, 1.165) is 32.6 Å². The van der Waals surface area contributed by atoms with Gasteiger partial charge in [0.05, 0.1) is 9.82 Å². The van der Waals surface area contributed by atoms with Crippen molar-refractivity contribution in [3.63, 3.8) is 0 Å². The van der Waals surface area contributed by atoms with Gasteiger partial charge in [0.25, 0.3) is 5.69 Å². The lowest BCUT2D eigenvalue weighted by Gasteiger charge is -2.32. The highest BCUT2D eigenvalue weighted by atomic mass is 32.2. The summed E-state index contributed by atoms with van der Waals surface area (Å²) in [5.41, 5.74) is 0.0436. The molecule has 3 rings (SSSR count). The van der Waals surface area contributed by atoms with Crippen molar-refractivity contribution in [2.75, 3.05) is 39.3 Å². The van der Waals surface area contributed by atoms with Crippen molar-refractivity contribution in [3.05, 3.63) is 33.9 Å². The largest absolute Gasteiger partial charge is 0.314 e. The number of piperazine rings is 1. The zero-order valence-corrected chi connectivity index (χ0v) is 14.5. The lowest BCUT2D eigenvalue weighted by atomic mass is 10.2. The molecule has 2 saturated heterocycles. The average molecular weight is 354 g/mol. The normalized spacial score (nSPS) is 23.5. The molecule has 0 bridgehead atoms. The third-order valence-electron chi connectivity index (χ3n) is 4.86. The van der Waals surface area contributed by atoms with Gasteiger partial charge in [-0.15, -0.1) is 0 Å². The molecule has 2 aliphatic heterocycles. The highest BCUT2D eigenvalue weighted by Gasteiger charge is 2.37. The summed E-state index contributed by atoms with van der Waals surface area (Å²) >= 11 is 0. The van der Waals surface area contributed by atoms with Crippen molar-refractivity contribution in [1.82, 2.24) is 14.5 Å². The van der Waals surface area contributed by atoms with Gasteiger partial charge >= 0.3 is 0 Å². The maximum absolute atomic E-state index is 12.9. The molecule has 2 aliphatic rings. The average Bonchev–Trinajstić information content (AvgIpc) is 3.06. The molecule has 0 amide bonds. The second-order valence-corrected chi connectivity index (χ2v) is 8.16. The van der Waals surface area contributed by atoms with Gasteiger partial charge in [0.2, 0.25) is 10.0 Å². The predicted molar refractivity (Wildman–Crippen MR) is 89.4 cm³/mol. The first-order valence-corrected chi connectivity index (χ1v) is 9.54. The van der Waals surface area contributed by atoms with Gasteiger partial charge in [0.1, 0.15) is 0 Å². The summed E-state index contributed by atoms with van der Waals surface area (Å²) in [6.45, 7) is 6.10. The minimum atomic E-state index is -3.71. The molecule has 1 atom stereocenters. The molecule has 0 aromatic heterocycles. The first-order chi connectivity index (χ1) is 11.4. The molecule has 1 aromatic carbocycles. The van der Waals surface area contributed by atoms with Crippen molar-refractivity contribution >= 4 is 15.7 Å². The van der Waals surface area contributed by atoms with Gasteiger partial charge < -0.3 is 5.32 Å². The summed E-state index contributed by atoms with van der Waals surface area (Å²) in [5.74, 6) is 0. The van der Waals surface area contributed by atoms with E-state index in [1.165, 1.54) is 29.4 Å².